The third-order valence-corrected chi connectivity index (χ3v) is 3.69. The first-order valence-electron chi connectivity index (χ1n) is 5.47. The number of carbonyl (C=O) groups excluding carboxylic acids is 1. The molecule has 4 heteroatoms. The van der Waals surface area contributed by atoms with Gasteiger partial charge in [0.25, 0.3) is 0 Å². The van der Waals surface area contributed by atoms with Crippen molar-refractivity contribution >= 4 is 6.29 Å². The van der Waals surface area contributed by atoms with Gasteiger partial charge in [-0.1, -0.05) is 13.3 Å². The second kappa shape index (κ2) is 4.58. The van der Waals surface area contributed by atoms with Crippen LogP contribution in [0.2, 0.25) is 0 Å². The van der Waals surface area contributed by atoms with Crippen molar-refractivity contribution in [3.63, 3.8) is 0 Å². The molecule has 1 saturated carbocycles. The zero-order valence-electron chi connectivity index (χ0n) is 9.46. The van der Waals surface area contributed by atoms with Crippen molar-refractivity contribution in [3.05, 3.63) is 0 Å². The summed E-state index contributed by atoms with van der Waals surface area (Å²) < 4.78 is 19.4. The number of rotatable bonds is 6. The van der Waals surface area contributed by atoms with Gasteiger partial charge in [-0.3, -0.25) is 4.79 Å². The second-order valence-corrected chi connectivity index (χ2v) is 4.44. The Labute approximate surface area is 90.2 Å². The molecule has 2 N–H and O–H groups in total. The van der Waals surface area contributed by atoms with Crippen molar-refractivity contribution in [1.29, 1.82) is 0 Å². The first kappa shape index (κ1) is 12.6. The molecule has 3 nitrogen and oxygen atoms in total. The summed E-state index contributed by atoms with van der Waals surface area (Å²) in [6.45, 7) is 1.74. The highest BCUT2D eigenvalue weighted by Crippen LogP contribution is 2.43. The maximum absolute atomic E-state index is 14.4. The molecule has 1 aliphatic rings. The average Bonchev–Trinajstić information content (AvgIpc) is 2.14. The smallest absolute Gasteiger partial charge is 0.185 e. The molecule has 0 aliphatic heterocycles. The van der Waals surface area contributed by atoms with Crippen molar-refractivity contribution in [3.8, 4) is 0 Å². The molecule has 88 valence electrons. The molecule has 0 saturated heterocycles. The Hall–Kier alpha value is -0.480. The number of hydrogen-bond acceptors (Lipinski definition) is 3. The van der Waals surface area contributed by atoms with Crippen molar-refractivity contribution in [2.45, 2.75) is 43.8 Å². The summed E-state index contributed by atoms with van der Waals surface area (Å²) in [5, 5.41) is 0. The Morgan fingerprint density at radius 1 is 1.60 bits per heavy atom. The van der Waals surface area contributed by atoms with Crippen molar-refractivity contribution in [1.82, 2.24) is 0 Å². The lowest BCUT2D eigenvalue weighted by molar-refractivity contribution is -0.130. The van der Waals surface area contributed by atoms with Crippen LogP contribution in [-0.4, -0.2) is 31.2 Å². The molecular weight excluding hydrogens is 197 g/mol. The largest absolute Gasteiger partial charge is 0.383 e. The highest BCUT2D eigenvalue weighted by Gasteiger charge is 2.54. The lowest BCUT2D eigenvalue weighted by Gasteiger charge is -2.48. The summed E-state index contributed by atoms with van der Waals surface area (Å²) in [5.41, 5.74) is 2.96. The monoisotopic (exact) mass is 217 g/mol. The lowest BCUT2D eigenvalue weighted by atomic mass is 9.64. The van der Waals surface area contributed by atoms with Crippen molar-refractivity contribution in [2.75, 3.05) is 13.7 Å². The molecule has 1 aliphatic carbocycles. The minimum atomic E-state index is -1.96. The van der Waals surface area contributed by atoms with E-state index in [2.05, 4.69) is 0 Å². The molecular formula is C11H20FNO2. The lowest BCUT2D eigenvalue weighted by Crippen LogP contribution is -2.67. The number of halogens is 1. The SMILES string of the molecule is CC[C@@](F)(C=O)[C@@](N)(COC)C1CCC1. The number of methoxy groups -OCH3 is 1. The van der Waals surface area contributed by atoms with Gasteiger partial charge in [-0.05, 0) is 25.2 Å². The molecule has 15 heavy (non-hydrogen) atoms. The van der Waals surface area contributed by atoms with Crippen LogP contribution in [0, 0.1) is 5.92 Å². The van der Waals surface area contributed by atoms with Crippen LogP contribution in [0.3, 0.4) is 0 Å². The fourth-order valence-electron chi connectivity index (χ4n) is 2.26. The molecule has 0 aromatic heterocycles. The van der Waals surface area contributed by atoms with E-state index in [0.29, 0.717) is 6.29 Å². The Morgan fingerprint density at radius 2 is 2.20 bits per heavy atom. The average molecular weight is 217 g/mol. The molecule has 0 amide bonds. The summed E-state index contributed by atoms with van der Waals surface area (Å²) >= 11 is 0. The van der Waals surface area contributed by atoms with E-state index >= 15 is 0 Å². The van der Waals surface area contributed by atoms with E-state index in [1.165, 1.54) is 7.11 Å². The predicted molar refractivity (Wildman–Crippen MR) is 56.3 cm³/mol. The van der Waals surface area contributed by atoms with Gasteiger partial charge in [-0.15, -0.1) is 0 Å². The minimum Gasteiger partial charge on any atom is -0.383 e. The molecule has 0 radical (unpaired) electrons. The number of ether oxygens (including phenoxy) is 1. The number of carbonyl (C=O) groups is 1. The van der Waals surface area contributed by atoms with Crippen LogP contribution in [0.5, 0.6) is 0 Å². The predicted octanol–water partition coefficient (Wildman–Crippen LogP) is 1.45. The van der Waals surface area contributed by atoms with Crippen LogP contribution in [0.1, 0.15) is 32.6 Å². The third-order valence-electron chi connectivity index (χ3n) is 3.69. The highest BCUT2D eigenvalue weighted by atomic mass is 19.1. The molecule has 0 aromatic rings. The number of hydrogen-bond donors (Lipinski definition) is 1. The third kappa shape index (κ3) is 1.93. The van der Waals surface area contributed by atoms with E-state index in [1.807, 2.05) is 0 Å². The standard InChI is InChI=1S/C11H20FNO2/c1-3-10(12,7-14)11(13,8-15-2)9-5-4-6-9/h7,9H,3-6,8,13H2,1-2H3/t10-,11-/m1/s1. The number of aldehydes is 1. The summed E-state index contributed by atoms with van der Waals surface area (Å²) in [4.78, 5) is 10.9. The quantitative estimate of drug-likeness (QED) is 0.685. The Balaban J connectivity index is 2.91. The molecule has 0 bridgehead atoms. The fourth-order valence-corrected chi connectivity index (χ4v) is 2.26. The van der Waals surface area contributed by atoms with E-state index in [0.717, 1.165) is 19.3 Å². The molecule has 0 unspecified atom stereocenters. The second-order valence-electron chi connectivity index (χ2n) is 4.44. The van der Waals surface area contributed by atoms with Gasteiger partial charge in [0.15, 0.2) is 12.0 Å². The van der Waals surface area contributed by atoms with Crippen LogP contribution in [-0.2, 0) is 9.53 Å². The van der Waals surface area contributed by atoms with Crippen molar-refractivity contribution in [2.24, 2.45) is 11.7 Å². The Morgan fingerprint density at radius 3 is 2.47 bits per heavy atom. The molecule has 2 atom stereocenters. The molecule has 0 spiro atoms. The fraction of sp³-hybridized carbons (Fsp3) is 0.909. The summed E-state index contributed by atoms with van der Waals surface area (Å²) in [5.74, 6) is 0.0626. The maximum Gasteiger partial charge on any atom is 0.185 e. The summed E-state index contributed by atoms with van der Waals surface area (Å²) in [7, 11) is 1.49. The van der Waals surface area contributed by atoms with E-state index in [-0.39, 0.29) is 18.9 Å². The van der Waals surface area contributed by atoms with Crippen LogP contribution in [0.15, 0.2) is 0 Å². The van der Waals surface area contributed by atoms with Gasteiger partial charge >= 0.3 is 0 Å². The van der Waals surface area contributed by atoms with Gasteiger partial charge in [0.1, 0.15) is 0 Å². The topological polar surface area (TPSA) is 52.3 Å². The van der Waals surface area contributed by atoms with E-state index in [4.69, 9.17) is 10.5 Å². The van der Waals surface area contributed by atoms with Gasteiger partial charge in [-0.25, -0.2) is 4.39 Å². The maximum atomic E-state index is 14.4. The molecule has 1 rings (SSSR count). The van der Waals surface area contributed by atoms with E-state index < -0.39 is 11.2 Å². The molecule has 0 aromatic carbocycles. The van der Waals surface area contributed by atoms with Gasteiger partial charge < -0.3 is 10.5 Å². The van der Waals surface area contributed by atoms with Crippen LogP contribution in [0.4, 0.5) is 4.39 Å². The summed E-state index contributed by atoms with van der Waals surface area (Å²) in [6, 6.07) is 0. The van der Waals surface area contributed by atoms with Crippen molar-refractivity contribution < 1.29 is 13.9 Å². The number of alkyl halides is 1. The molecule has 0 heterocycles. The zero-order chi connectivity index (χ0) is 11.5. The first-order valence-corrected chi connectivity index (χ1v) is 5.47. The Bertz CT molecular complexity index is 233. The van der Waals surface area contributed by atoms with Crippen LogP contribution < -0.4 is 5.73 Å². The van der Waals surface area contributed by atoms with Gasteiger partial charge in [0, 0.05) is 7.11 Å². The molecule has 1 fully saturated rings. The number of nitrogens with two attached hydrogens (primary N) is 1. The zero-order valence-corrected chi connectivity index (χ0v) is 9.46. The van der Waals surface area contributed by atoms with Gasteiger partial charge in [-0.2, -0.15) is 0 Å². The first-order chi connectivity index (χ1) is 7.04. The van der Waals surface area contributed by atoms with Crippen LogP contribution in [0.25, 0.3) is 0 Å². The van der Waals surface area contributed by atoms with Gasteiger partial charge in [0.2, 0.25) is 0 Å². The van der Waals surface area contributed by atoms with Gasteiger partial charge in [0.05, 0.1) is 12.1 Å². The van der Waals surface area contributed by atoms with E-state index in [9.17, 15) is 9.18 Å². The minimum absolute atomic E-state index is 0.0626. The Kier molecular flexibility index (Phi) is 3.84. The highest BCUT2D eigenvalue weighted by molar-refractivity contribution is 5.65. The van der Waals surface area contributed by atoms with Crippen LogP contribution >= 0.6 is 0 Å². The van der Waals surface area contributed by atoms with E-state index in [1.54, 1.807) is 6.92 Å². The summed E-state index contributed by atoms with van der Waals surface area (Å²) in [6.07, 6.45) is 3.29. The normalized spacial score (nSPS) is 25.1.